The van der Waals surface area contributed by atoms with Crippen molar-refractivity contribution in [3.05, 3.63) is 59.6 Å². The van der Waals surface area contributed by atoms with Gasteiger partial charge in [-0.2, -0.15) is 18.3 Å². The second-order valence-electron chi connectivity index (χ2n) is 5.53. The molecule has 0 bridgehead atoms. The summed E-state index contributed by atoms with van der Waals surface area (Å²) in [5.74, 6) is 0.641. The molecule has 4 aromatic rings. The van der Waals surface area contributed by atoms with Gasteiger partial charge < -0.3 is 4.74 Å². The Kier molecular flexibility index (Phi) is 3.91. The Balaban J connectivity index is 1.95. The minimum atomic E-state index is -4.53. The fourth-order valence-electron chi connectivity index (χ4n) is 2.64. The number of ether oxygens (including phenoxy) is 1. The first-order chi connectivity index (χ1) is 12.5. The highest BCUT2D eigenvalue weighted by molar-refractivity contribution is 7.13. The Labute approximate surface area is 150 Å². The summed E-state index contributed by atoms with van der Waals surface area (Å²) in [5, 5.41) is 6.28. The standard InChI is InChI=1S/C18H12F3N3OS/c1-25-12-5-2-4-11(8-12)13-9-17-22-16(18(19,20)21)10-14(24(17)23-13)15-6-3-7-26-15/h2-10H,1H3. The van der Waals surface area contributed by atoms with Crippen molar-refractivity contribution >= 4 is 17.0 Å². The molecule has 0 saturated carbocycles. The zero-order chi connectivity index (χ0) is 18.3. The molecule has 0 unspecified atom stereocenters. The third-order valence-electron chi connectivity index (χ3n) is 3.86. The topological polar surface area (TPSA) is 39.4 Å². The first-order valence-corrected chi connectivity index (χ1v) is 8.50. The maximum atomic E-state index is 13.3. The van der Waals surface area contributed by atoms with Crippen LogP contribution in [0, 0.1) is 0 Å². The summed E-state index contributed by atoms with van der Waals surface area (Å²) >= 11 is 1.35. The van der Waals surface area contributed by atoms with Crippen LogP contribution < -0.4 is 4.74 Å². The van der Waals surface area contributed by atoms with Gasteiger partial charge in [-0.05, 0) is 29.6 Å². The summed E-state index contributed by atoms with van der Waals surface area (Å²) in [7, 11) is 1.55. The van der Waals surface area contributed by atoms with E-state index in [1.807, 2.05) is 6.07 Å². The second kappa shape index (κ2) is 6.14. The molecule has 0 fully saturated rings. The molecule has 26 heavy (non-hydrogen) atoms. The highest BCUT2D eigenvalue weighted by atomic mass is 32.1. The Hall–Kier alpha value is -2.87. The molecule has 4 nitrogen and oxygen atoms in total. The Bertz CT molecular complexity index is 1070. The lowest BCUT2D eigenvalue weighted by atomic mass is 10.1. The number of thiophene rings is 1. The van der Waals surface area contributed by atoms with E-state index in [-0.39, 0.29) is 5.65 Å². The van der Waals surface area contributed by atoms with Crippen LogP contribution in [0.1, 0.15) is 5.69 Å². The van der Waals surface area contributed by atoms with Crippen molar-refractivity contribution < 1.29 is 17.9 Å². The van der Waals surface area contributed by atoms with Crippen LogP contribution >= 0.6 is 11.3 Å². The van der Waals surface area contributed by atoms with E-state index < -0.39 is 11.9 Å². The summed E-state index contributed by atoms with van der Waals surface area (Å²) in [6, 6.07) is 13.3. The number of hydrogen-bond donors (Lipinski definition) is 0. The number of methoxy groups -OCH3 is 1. The molecule has 0 N–H and O–H groups in total. The molecule has 1 aromatic carbocycles. The van der Waals surface area contributed by atoms with E-state index in [1.165, 1.54) is 15.9 Å². The molecule has 0 spiro atoms. The first kappa shape index (κ1) is 16.6. The molecule has 3 heterocycles. The van der Waals surface area contributed by atoms with Gasteiger partial charge in [-0.3, -0.25) is 0 Å². The summed E-state index contributed by atoms with van der Waals surface area (Å²) < 4.78 is 46.4. The molecular weight excluding hydrogens is 363 g/mol. The van der Waals surface area contributed by atoms with Crippen molar-refractivity contribution in [2.75, 3.05) is 7.11 Å². The molecule has 0 radical (unpaired) electrons. The highest BCUT2D eigenvalue weighted by Crippen LogP contribution is 2.34. The highest BCUT2D eigenvalue weighted by Gasteiger charge is 2.34. The molecule has 0 atom stereocenters. The fourth-order valence-corrected chi connectivity index (χ4v) is 3.37. The quantitative estimate of drug-likeness (QED) is 0.497. The Morgan fingerprint density at radius 2 is 1.92 bits per heavy atom. The number of hydrogen-bond acceptors (Lipinski definition) is 4. The van der Waals surface area contributed by atoms with Crippen molar-refractivity contribution in [3.63, 3.8) is 0 Å². The fraction of sp³-hybridized carbons (Fsp3) is 0.111. The number of aromatic nitrogens is 3. The summed E-state index contributed by atoms with van der Waals surface area (Å²) in [5.41, 5.74) is 0.812. The van der Waals surface area contributed by atoms with Gasteiger partial charge in [0.05, 0.1) is 23.4 Å². The predicted molar refractivity (Wildman–Crippen MR) is 93.3 cm³/mol. The average Bonchev–Trinajstić information content (AvgIpc) is 3.29. The van der Waals surface area contributed by atoms with Crippen molar-refractivity contribution in [1.29, 1.82) is 0 Å². The molecule has 0 aliphatic rings. The lowest BCUT2D eigenvalue weighted by Gasteiger charge is -2.09. The van der Waals surface area contributed by atoms with Crippen molar-refractivity contribution in [3.8, 4) is 27.6 Å². The number of rotatable bonds is 3. The smallest absolute Gasteiger partial charge is 0.433 e. The van der Waals surface area contributed by atoms with Crippen LogP contribution in [-0.4, -0.2) is 21.7 Å². The van der Waals surface area contributed by atoms with Crippen LogP contribution in [0.4, 0.5) is 13.2 Å². The summed E-state index contributed by atoms with van der Waals surface area (Å²) in [6.07, 6.45) is -4.53. The van der Waals surface area contributed by atoms with Gasteiger partial charge in [0.2, 0.25) is 0 Å². The SMILES string of the molecule is COc1cccc(-c2cc3nc(C(F)(F)F)cc(-c4cccs4)n3n2)c1. The van der Waals surface area contributed by atoms with Gasteiger partial charge in [0.25, 0.3) is 0 Å². The van der Waals surface area contributed by atoms with E-state index in [4.69, 9.17) is 4.74 Å². The largest absolute Gasteiger partial charge is 0.497 e. The Morgan fingerprint density at radius 1 is 1.08 bits per heavy atom. The van der Waals surface area contributed by atoms with Gasteiger partial charge in [0.1, 0.15) is 11.4 Å². The molecule has 0 saturated heterocycles. The monoisotopic (exact) mass is 375 g/mol. The molecular formula is C18H12F3N3OS. The lowest BCUT2D eigenvalue weighted by Crippen LogP contribution is -2.10. The minimum absolute atomic E-state index is 0.140. The van der Waals surface area contributed by atoms with Gasteiger partial charge in [-0.25, -0.2) is 9.50 Å². The van der Waals surface area contributed by atoms with Crippen LogP contribution in [-0.2, 0) is 6.18 Å². The maximum Gasteiger partial charge on any atom is 0.433 e. The van der Waals surface area contributed by atoms with E-state index in [0.717, 1.165) is 11.6 Å². The zero-order valence-electron chi connectivity index (χ0n) is 13.5. The summed E-state index contributed by atoms with van der Waals surface area (Å²) in [4.78, 5) is 4.44. The lowest BCUT2D eigenvalue weighted by molar-refractivity contribution is -0.141. The average molecular weight is 375 g/mol. The van der Waals surface area contributed by atoms with E-state index in [2.05, 4.69) is 10.1 Å². The Morgan fingerprint density at radius 3 is 2.62 bits per heavy atom. The number of nitrogens with zero attached hydrogens (tertiary/aromatic N) is 3. The van der Waals surface area contributed by atoms with E-state index in [1.54, 1.807) is 48.9 Å². The van der Waals surface area contributed by atoms with Gasteiger partial charge >= 0.3 is 6.18 Å². The van der Waals surface area contributed by atoms with Crippen LogP contribution in [0.3, 0.4) is 0 Å². The van der Waals surface area contributed by atoms with Crippen molar-refractivity contribution in [2.45, 2.75) is 6.18 Å². The van der Waals surface area contributed by atoms with Crippen LogP contribution in [0.25, 0.3) is 27.5 Å². The second-order valence-corrected chi connectivity index (χ2v) is 6.48. The molecule has 8 heteroatoms. The molecule has 0 amide bonds. The molecule has 0 aliphatic carbocycles. The third kappa shape index (κ3) is 2.92. The molecule has 132 valence electrons. The number of fused-ring (bicyclic) bond motifs is 1. The van der Waals surface area contributed by atoms with E-state index >= 15 is 0 Å². The molecule has 4 rings (SSSR count). The van der Waals surface area contributed by atoms with Crippen molar-refractivity contribution in [1.82, 2.24) is 14.6 Å². The van der Waals surface area contributed by atoms with Crippen molar-refractivity contribution in [2.24, 2.45) is 0 Å². The predicted octanol–water partition coefficient (Wildman–Crippen LogP) is 5.15. The van der Waals surface area contributed by atoms with Gasteiger partial charge in [-0.15, -0.1) is 11.3 Å². The molecule has 0 aliphatic heterocycles. The van der Waals surface area contributed by atoms with Crippen LogP contribution in [0.15, 0.2) is 53.9 Å². The van der Waals surface area contributed by atoms with E-state index in [0.29, 0.717) is 22.0 Å². The number of benzene rings is 1. The molecule has 3 aromatic heterocycles. The zero-order valence-corrected chi connectivity index (χ0v) is 14.3. The maximum absolute atomic E-state index is 13.3. The number of halogens is 3. The normalized spacial score (nSPS) is 11.8. The van der Waals surface area contributed by atoms with Gasteiger partial charge in [-0.1, -0.05) is 18.2 Å². The summed E-state index contributed by atoms with van der Waals surface area (Å²) in [6.45, 7) is 0. The first-order valence-electron chi connectivity index (χ1n) is 7.62. The third-order valence-corrected chi connectivity index (χ3v) is 4.75. The van der Waals surface area contributed by atoms with Gasteiger partial charge in [0, 0.05) is 11.6 Å². The van der Waals surface area contributed by atoms with Gasteiger partial charge in [0.15, 0.2) is 5.65 Å². The van der Waals surface area contributed by atoms with Crippen LogP contribution in [0.5, 0.6) is 5.75 Å². The van der Waals surface area contributed by atoms with Crippen LogP contribution in [0.2, 0.25) is 0 Å². The minimum Gasteiger partial charge on any atom is -0.497 e. The number of alkyl halides is 3. The van der Waals surface area contributed by atoms with E-state index in [9.17, 15) is 13.2 Å².